The Balaban J connectivity index is 1.28. The molecule has 8 aromatic carbocycles. The van der Waals surface area contributed by atoms with Crippen molar-refractivity contribution in [3.63, 3.8) is 0 Å². The second-order valence-corrected chi connectivity index (χ2v) is 14.8. The number of hydrogen-bond acceptors (Lipinski definition) is 2. The van der Waals surface area contributed by atoms with Crippen molar-refractivity contribution in [3.05, 3.63) is 211 Å². The van der Waals surface area contributed by atoms with Crippen molar-refractivity contribution in [1.29, 1.82) is 0 Å². The number of benzene rings is 8. The fraction of sp³-hybridized carbons (Fsp3) is 0.0192. The largest absolute Gasteiger partial charge is 0.360 e. The molecule has 1 atom stereocenters. The van der Waals surface area contributed by atoms with Crippen LogP contribution in [0.1, 0.15) is 22.9 Å². The summed E-state index contributed by atoms with van der Waals surface area (Å²) in [5.74, 6) is 0. The first-order chi connectivity index (χ1) is 27.7. The molecule has 11 aromatic rings. The minimum Gasteiger partial charge on any atom is -0.360 e. The Bertz CT molecular complexity index is 3320. The van der Waals surface area contributed by atoms with Crippen LogP contribution in [0.25, 0.3) is 81.9 Å². The quantitative estimate of drug-likeness (QED) is 0.194. The summed E-state index contributed by atoms with van der Waals surface area (Å²) in [6, 6.07) is 68.5. The number of nitrogens with one attached hydrogen (secondary N) is 1. The molecule has 1 N–H and O–H groups in total. The number of nitrogens with zero attached hydrogens (tertiary/aromatic N) is 3. The van der Waals surface area contributed by atoms with E-state index in [0.29, 0.717) is 0 Å². The summed E-state index contributed by atoms with van der Waals surface area (Å²) in [5.41, 5.74) is 12.1. The van der Waals surface area contributed by atoms with Gasteiger partial charge >= 0.3 is 0 Å². The number of para-hydroxylation sites is 2. The molecule has 1 aliphatic heterocycles. The van der Waals surface area contributed by atoms with E-state index in [1.807, 2.05) is 0 Å². The minimum atomic E-state index is -0.351. The Morgan fingerprint density at radius 2 is 0.857 bits per heavy atom. The minimum absolute atomic E-state index is 0.351. The average Bonchev–Trinajstić information content (AvgIpc) is 3.78. The van der Waals surface area contributed by atoms with Crippen molar-refractivity contribution < 1.29 is 0 Å². The second-order valence-electron chi connectivity index (χ2n) is 14.8. The summed E-state index contributed by atoms with van der Waals surface area (Å²) in [5, 5.41) is 13.6. The van der Waals surface area contributed by atoms with Crippen LogP contribution in [0.5, 0.6) is 0 Å². The van der Waals surface area contributed by atoms with Crippen molar-refractivity contribution in [3.8, 4) is 0 Å². The Morgan fingerprint density at radius 1 is 0.393 bits per heavy atom. The molecule has 0 aliphatic carbocycles. The average molecular weight is 715 g/mol. The third kappa shape index (κ3) is 4.69. The SMILES string of the molecule is C1=C(c2ccccc2)NC(c2cc3cc(c2)n2c4ccccc4c4ccc(cc42)c2ccccc2c2ccc4c5ccccc5n3c4c2)N=C1c1ccccc1. The lowest BCUT2D eigenvalue weighted by molar-refractivity contribution is 0.665. The second kappa shape index (κ2) is 12.0. The number of aromatic nitrogens is 2. The van der Waals surface area contributed by atoms with Crippen LogP contribution in [0.15, 0.2) is 199 Å². The molecule has 12 rings (SSSR count). The van der Waals surface area contributed by atoms with Crippen LogP contribution >= 0.6 is 0 Å². The van der Waals surface area contributed by atoms with Crippen molar-refractivity contribution in [1.82, 2.24) is 14.1 Å². The van der Waals surface area contributed by atoms with Gasteiger partial charge in [0.05, 0.1) is 27.8 Å². The summed E-state index contributed by atoms with van der Waals surface area (Å²) in [4.78, 5) is 5.47. The van der Waals surface area contributed by atoms with Crippen LogP contribution in [0.2, 0.25) is 0 Å². The van der Waals surface area contributed by atoms with Crippen LogP contribution in [-0.4, -0.2) is 14.5 Å². The van der Waals surface area contributed by atoms with E-state index in [-0.39, 0.29) is 6.17 Å². The number of aliphatic imine (C=N–C) groups is 1. The molecule has 0 saturated heterocycles. The van der Waals surface area contributed by atoms with Crippen LogP contribution in [0.3, 0.4) is 0 Å². The Kier molecular flexibility index (Phi) is 6.66. The Labute approximate surface area is 322 Å². The van der Waals surface area contributed by atoms with Gasteiger partial charge in [-0.15, -0.1) is 0 Å². The lowest BCUT2D eigenvalue weighted by atomic mass is 10.0. The van der Waals surface area contributed by atoms with Gasteiger partial charge in [0.1, 0.15) is 6.17 Å². The first kappa shape index (κ1) is 31.0. The molecule has 0 spiro atoms. The molecule has 6 bridgehead atoms. The maximum absolute atomic E-state index is 5.47. The van der Waals surface area contributed by atoms with Gasteiger partial charge in [-0.05, 0) is 81.2 Å². The maximum atomic E-state index is 5.47. The highest BCUT2D eigenvalue weighted by Gasteiger charge is 2.22. The maximum Gasteiger partial charge on any atom is 0.145 e. The molecule has 1 aliphatic rings. The van der Waals surface area contributed by atoms with E-state index in [1.165, 1.54) is 65.2 Å². The molecule has 0 saturated carbocycles. The van der Waals surface area contributed by atoms with Crippen molar-refractivity contribution >= 4 is 87.6 Å². The van der Waals surface area contributed by atoms with Gasteiger partial charge in [0.25, 0.3) is 0 Å². The smallest absolute Gasteiger partial charge is 0.145 e. The van der Waals surface area contributed by atoms with E-state index in [0.717, 1.165) is 39.1 Å². The first-order valence-electron chi connectivity index (χ1n) is 19.2. The van der Waals surface area contributed by atoms with Crippen LogP contribution < -0.4 is 5.32 Å². The highest BCUT2D eigenvalue weighted by molar-refractivity contribution is 6.16. The number of hydrogen-bond donors (Lipinski definition) is 1. The molecule has 0 fully saturated rings. The van der Waals surface area contributed by atoms with Gasteiger partial charge in [-0.25, -0.2) is 0 Å². The molecule has 262 valence electrons. The van der Waals surface area contributed by atoms with Gasteiger partial charge in [-0.3, -0.25) is 4.99 Å². The van der Waals surface area contributed by atoms with Gasteiger partial charge in [0.2, 0.25) is 0 Å². The van der Waals surface area contributed by atoms with Gasteiger partial charge in [0.15, 0.2) is 0 Å². The number of allylic oxidation sites excluding steroid dienone is 1. The number of rotatable bonds is 3. The van der Waals surface area contributed by atoms with Gasteiger partial charge in [0, 0.05) is 43.8 Å². The third-order valence-electron chi connectivity index (χ3n) is 11.6. The Hall–Kier alpha value is -7.43. The third-order valence-corrected chi connectivity index (χ3v) is 11.6. The molecule has 56 heavy (non-hydrogen) atoms. The first-order valence-corrected chi connectivity index (χ1v) is 19.2. The topological polar surface area (TPSA) is 33.2 Å². The highest BCUT2D eigenvalue weighted by Crippen LogP contribution is 2.37. The number of fused-ring (bicyclic) bond motifs is 15. The summed E-state index contributed by atoms with van der Waals surface area (Å²) in [7, 11) is 0. The zero-order chi connectivity index (χ0) is 36.7. The molecule has 4 heterocycles. The zero-order valence-corrected chi connectivity index (χ0v) is 30.4. The van der Waals surface area contributed by atoms with Crippen molar-refractivity contribution in [2.45, 2.75) is 6.17 Å². The van der Waals surface area contributed by atoms with Gasteiger partial charge < -0.3 is 14.1 Å². The van der Waals surface area contributed by atoms with E-state index < -0.39 is 0 Å². The molecule has 0 radical (unpaired) electrons. The molecular weight excluding hydrogens is 681 g/mol. The van der Waals surface area contributed by atoms with Crippen LogP contribution in [0.4, 0.5) is 0 Å². The van der Waals surface area contributed by atoms with E-state index in [2.05, 4.69) is 208 Å². The standard InChI is InChI=1S/C52H34N4/c1-3-13-33(14-4-1)46-32-47(34-15-5-2-6-16-34)54-52(53-46)37-27-38-31-39(28-37)56-49-22-12-10-20-43(49)45-26-24-36(30-51(45)56)41-18-8-7-17-40(41)35-23-25-44-42-19-9-11-21-48(42)55(38)50(44)29-35/h1-32,52-53H. The predicted octanol–water partition coefficient (Wildman–Crippen LogP) is 12.8. The monoisotopic (exact) mass is 714 g/mol. The summed E-state index contributed by atoms with van der Waals surface area (Å²) in [6.45, 7) is 0. The molecule has 0 amide bonds. The highest BCUT2D eigenvalue weighted by atomic mass is 15.1. The Morgan fingerprint density at radius 3 is 1.41 bits per heavy atom. The van der Waals surface area contributed by atoms with E-state index in [4.69, 9.17) is 4.99 Å². The van der Waals surface area contributed by atoms with Crippen molar-refractivity contribution in [2.24, 2.45) is 4.99 Å². The summed E-state index contributed by atoms with van der Waals surface area (Å²) < 4.78 is 4.91. The normalized spacial score (nSPS) is 14.6. The van der Waals surface area contributed by atoms with Crippen LogP contribution in [-0.2, 0) is 0 Å². The zero-order valence-electron chi connectivity index (χ0n) is 30.4. The predicted molar refractivity (Wildman–Crippen MR) is 235 cm³/mol. The fourth-order valence-electron chi connectivity index (χ4n) is 9.10. The lowest BCUT2D eigenvalue weighted by Gasteiger charge is -2.25. The van der Waals surface area contributed by atoms with E-state index in [1.54, 1.807) is 0 Å². The lowest BCUT2D eigenvalue weighted by Crippen LogP contribution is -2.25. The fourth-order valence-corrected chi connectivity index (χ4v) is 9.10. The van der Waals surface area contributed by atoms with Gasteiger partial charge in [-0.1, -0.05) is 146 Å². The van der Waals surface area contributed by atoms with Crippen LogP contribution in [0, 0.1) is 0 Å². The van der Waals surface area contributed by atoms with E-state index >= 15 is 0 Å². The van der Waals surface area contributed by atoms with Crippen molar-refractivity contribution in [2.75, 3.05) is 0 Å². The summed E-state index contributed by atoms with van der Waals surface area (Å²) in [6.07, 6.45) is 1.83. The van der Waals surface area contributed by atoms with E-state index in [9.17, 15) is 0 Å². The molecule has 1 unspecified atom stereocenters. The summed E-state index contributed by atoms with van der Waals surface area (Å²) >= 11 is 0. The molecule has 4 heteroatoms. The molecular formula is C52H34N4. The molecule has 3 aromatic heterocycles. The molecule has 4 nitrogen and oxygen atoms in total. The van der Waals surface area contributed by atoms with Gasteiger partial charge in [-0.2, -0.15) is 0 Å².